The number of hydrogen-bond acceptors (Lipinski definition) is 1. The van der Waals surface area contributed by atoms with Gasteiger partial charge in [-0.05, 0) is 0 Å². The highest BCUT2D eigenvalue weighted by molar-refractivity contribution is 5.88. The number of hydrogen-bond donors (Lipinski definition) is 1. The topological polar surface area (TPSA) is 29.1 Å². The van der Waals surface area contributed by atoms with Crippen molar-refractivity contribution in [3.8, 4) is 11.8 Å². The zero-order valence-electron chi connectivity index (χ0n) is 3.99. The van der Waals surface area contributed by atoms with Gasteiger partial charge in [-0.25, -0.2) is 0 Å². The summed E-state index contributed by atoms with van der Waals surface area (Å²) in [4.78, 5) is 10.3. The minimum atomic E-state index is -0.134. The van der Waals surface area contributed by atoms with Crippen LogP contribution < -0.4 is 5.32 Å². The van der Waals surface area contributed by atoms with Crippen LogP contribution in [0.3, 0.4) is 0 Å². The van der Waals surface area contributed by atoms with Gasteiger partial charge in [-0.15, -0.1) is 0 Å². The highest BCUT2D eigenvalue weighted by Gasteiger charge is 2.17. The Morgan fingerprint density at radius 2 is 2.29 bits per heavy atom. The van der Waals surface area contributed by atoms with E-state index in [1.807, 2.05) is 0 Å². The van der Waals surface area contributed by atoms with Crippen molar-refractivity contribution < 1.29 is 4.79 Å². The second-order valence-electron chi connectivity index (χ2n) is 1.34. The molecule has 2 nitrogen and oxygen atoms in total. The van der Waals surface area contributed by atoms with E-state index in [2.05, 4.69) is 17.2 Å². The molecule has 0 bridgehead atoms. The highest BCUT2D eigenvalue weighted by atomic mass is 16.1. The lowest BCUT2D eigenvalue weighted by Crippen LogP contribution is -2.20. The Bertz CT molecular complexity index is 143. The van der Waals surface area contributed by atoms with Crippen molar-refractivity contribution in [1.29, 1.82) is 0 Å². The van der Waals surface area contributed by atoms with Crippen LogP contribution in [0.1, 0.15) is 0 Å². The zero-order valence-corrected chi connectivity index (χ0v) is 3.99. The van der Waals surface area contributed by atoms with Crippen LogP contribution in [0.5, 0.6) is 0 Å². The Labute approximate surface area is 41.9 Å². The maximum Gasteiger partial charge on any atom is 0.247 e. The van der Waals surface area contributed by atoms with Crippen LogP contribution in [0.15, 0.2) is 0 Å². The molecule has 1 aliphatic rings. The average molecular weight is 95.1 g/mol. The van der Waals surface area contributed by atoms with Crippen LogP contribution in [-0.4, -0.2) is 13.0 Å². The summed E-state index contributed by atoms with van der Waals surface area (Å²) >= 11 is 0. The molecule has 0 spiro atoms. The Morgan fingerprint density at radius 1 is 1.71 bits per heavy atom. The average Bonchev–Trinajstić information content (AvgIpc) is 2.44. The Balaban J connectivity index is 2.27. The fraction of sp³-hybridized carbons (Fsp3) is 0.400. The van der Waals surface area contributed by atoms with Crippen molar-refractivity contribution in [2.45, 2.75) is 0 Å². The Hall–Kier alpha value is -0.970. The van der Waals surface area contributed by atoms with Crippen molar-refractivity contribution in [3.63, 3.8) is 0 Å². The molecule has 0 atom stereocenters. The van der Waals surface area contributed by atoms with Crippen LogP contribution >= 0.6 is 0 Å². The highest BCUT2D eigenvalue weighted by Crippen LogP contribution is 2.01. The van der Waals surface area contributed by atoms with Crippen LogP contribution in [0, 0.1) is 17.8 Å². The summed E-state index contributed by atoms with van der Waals surface area (Å²) in [6.45, 7) is 0. The summed E-state index contributed by atoms with van der Waals surface area (Å²) in [7, 11) is 1.60. The van der Waals surface area contributed by atoms with Gasteiger partial charge in [0.25, 0.3) is 0 Å². The van der Waals surface area contributed by atoms with E-state index in [-0.39, 0.29) is 11.8 Å². The zero-order chi connectivity index (χ0) is 5.28. The smallest absolute Gasteiger partial charge is 0.247 e. The summed E-state index contributed by atoms with van der Waals surface area (Å²) in [6.07, 6.45) is 0. The van der Waals surface area contributed by atoms with Gasteiger partial charge in [-0.1, -0.05) is 11.8 Å². The van der Waals surface area contributed by atoms with Crippen molar-refractivity contribution >= 4 is 5.91 Å². The fourth-order valence-corrected chi connectivity index (χ4v) is 0.317. The molecule has 1 aliphatic carbocycles. The van der Waals surface area contributed by atoms with Gasteiger partial charge in [0.1, 0.15) is 0 Å². The molecule has 0 unspecified atom stereocenters. The molecule has 0 aliphatic heterocycles. The third-order valence-corrected chi connectivity index (χ3v) is 0.797. The molecule has 0 aromatic heterocycles. The normalized spacial score (nSPS) is 14.4. The maximum absolute atomic E-state index is 10.3. The molecule has 0 radical (unpaired) electrons. The van der Waals surface area contributed by atoms with E-state index in [0.29, 0.717) is 0 Å². The van der Waals surface area contributed by atoms with Crippen LogP contribution in [-0.2, 0) is 4.79 Å². The van der Waals surface area contributed by atoms with Crippen LogP contribution in [0.25, 0.3) is 0 Å². The summed E-state index contributed by atoms with van der Waals surface area (Å²) in [5.74, 6) is 5.10. The van der Waals surface area contributed by atoms with Crippen molar-refractivity contribution in [2.24, 2.45) is 5.92 Å². The summed E-state index contributed by atoms with van der Waals surface area (Å²) in [5.41, 5.74) is 0. The predicted octanol–water partition coefficient (Wildman–Crippen LogP) is -0.634. The predicted molar refractivity (Wildman–Crippen MR) is 25.3 cm³/mol. The van der Waals surface area contributed by atoms with Gasteiger partial charge in [-0.2, -0.15) is 0 Å². The molecular weight excluding hydrogens is 90.1 g/mol. The minimum absolute atomic E-state index is 0.0139. The summed E-state index contributed by atoms with van der Waals surface area (Å²) in [5, 5.41) is 2.46. The van der Waals surface area contributed by atoms with Gasteiger partial charge in [0.05, 0.1) is 0 Å². The molecule has 2 heteroatoms. The van der Waals surface area contributed by atoms with E-state index in [1.54, 1.807) is 7.05 Å². The van der Waals surface area contributed by atoms with E-state index in [4.69, 9.17) is 0 Å². The number of carbonyl (C=O) groups is 1. The largest absolute Gasteiger partial charge is 0.357 e. The van der Waals surface area contributed by atoms with Gasteiger partial charge in [-0.3, -0.25) is 4.79 Å². The van der Waals surface area contributed by atoms with E-state index >= 15 is 0 Å². The van der Waals surface area contributed by atoms with Crippen molar-refractivity contribution in [2.75, 3.05) is 7.05 Å². The van der Waals surface area contributed by atoms with Gasteiger partial charge in [0.2, 0.25) is 5.91 Å². The quantitative estimate of drug-likeness (QED) is 0.431. The van der Waals surface area contributed by atoms with Crippen LogP contribution in [0.4, 0.5) is 0 Å². The number of carbonyl (C=O) groups excluding carboxylic acids is 1. The third kappa shape index (κ3) is 0.716. The Morgan fingerprint density at radius 3 is 2.43 bits per heavy atom. The Kier molecular flexibility index (Phi) is 0.759. The van der Waals surface area contributed by atoms with Gasteiger partial charge in [0, 0.05) is 7.05 Å². The number of nitrogens with one attached hydrogen (secondary N) is 1. The summed E-state index contributed by atoms with van der Waals surface area (Å²) < 4.78 is 0. The molecule has 0 saturated carbocycles. The molecule has 0 aromatic rings. The van der Waals surface area contributed by atoms with Gasteiger partial charge >= 0.3 is 0 Å². The second kappa shape index (κ2) is 1.27. The molecule has 0 aromatic carbocycles. The molecule has 0 fully saturated rings. The number of amides is 1. The molecule has 1 amide bonds. The fourth-order valence-electron chi connectivity index (χ4n) is 0.317. The van der Waals surface area contributed by atoms with Crippen molar-refractivity contribution in [3.05, 3.63) is 0 Å². The summed E-state index contributed by atoms with van der Waals surface area (Å²) in [6, 6.07) is 0. The monoisotopic (exact) mass is 95.0 g/mol. The first kappa shape index (κ1) is 4.20. The molecule has 0 saturated heterocycles. The lowest BCUT2D eigenvalue weighted by molar-refractivity contribution is -0.121. The third-order valence-electron chi connectivity index (χ3n) is 0.797. The molecule has 36 valence electrons. The molecule has 7 heavy (non-hydrogen) atoms. The first-order valence-corrected chi connectivity index (χ1v) is 2.07. The molecule has 1 N–H and O–H groups in total. The molecule has 1 rings (SSSR count). The van der Waals surface area contributed by atoms with E-state index < -0.39 is 0 Å². The SMILES string of the molecule is CNC(=O)C1C#C1. The first-order valence-electron chi connectivity index (χ1n) is 2.07. The van der Waals surface area contributed by atoms with E-state index in [1.165, 1.54) is 0 Å². The lowest BCUT2D eigenvalue weighted by Gasteiger charge is -1.89. The standard InChI is InChI=1S/C5H5NO/c1-6-5(7)4-2-3-4/h4H,1H3,(H,6,7). The first-order chi connectivity index (χ1) is 3.34. The minimum Gasteiger partial charge on any atom is -0.357 e. The van der Waals surface area contributed by atoms with E-state index in [0.717, 1.165) is 0 Å². The maximum atomic E-state index is 10.3. The van der Waals surface area contributed by atoms with Crippen molar-refractivity contribution in [1.82, 2.24) is 5.32 Å². The van der Waals surface area contributed by atoms with Gasteiger partial charge in [0.15, 0.2) is 5.92 Å². The second-order valence-corrected chi connectivity index (χ2v) is 1.34. The molecular formula is C5H5NO. The number of rotatable bonds is 1. The van der Waals surface area contributed by atoms with E-state index in [9.17, 15) is 4.79 Å². The van der Waals surface area contributed by atoms with Crippen LogP contribution in [0.2, 0.25) is 0 Å². The lowest BCUT2D eigenvalue weighted by atomic mass is 10.3. The molecule has 0 heterocycles. The van der Waals surface area contributed by atoms with Gasteiger partial charge < -0.3 is 5.32 Å².